The molecule has 1 heterocycles. The molecule has 0 aromatic rings. The number of carbonyl (C=O) groups is 4. The predicted molar refractivity (Wildman–Crippen MR) is 154 cm³/mol. The van der Waals surface area contributed by atoms with E-state index in [0.717, 1.165) is 19.3 Å². The highest BCUT2D eigenvalue weighted by molar-refractivity contribution is 7.53. The van der Waals surface area contributed by atoms with Crippen molar-refractivity contribution in [3.8, 4) is 0 Å². The summed E-state index contributed by atoms with van der Waals surface area (Å²) in [4.78, 5) is 63.5. The van der Waals surface area contributed by atoms with E-state index in [9.17, 15) is 33.7 Å². The van der Waals surface area contributed by atoms with E-state index in [4.69, 9.17) is 16.0 Å². The minimum Gasteiger partial charge on any atom is -0.480 e. The lowest BCUT2D eigenvalue weighted by atomic mass is 9.84. The van der Waals surface area contributed by atoms with Crippen LogP contribution < -0.4 is 22.1 Å². The Bertz CT molecular complexity index is 918. The molecule has 0 aromatic heterocycles. The van der Waals surface area contributed by atoms with Gasteiger partial charge in [0.1, 0.15) is 24.0 Å². The molecule has 13 nitrogen and oxygen atoms in total. The average molecular weight is 604 g/mol. The van der Waals surface area contributed by atoms with Crippen LogP contribution in [0.2, 0.25) is 0 Å². The zero-order chi connectivity index (χ0) is 30.4. The number of nitrogens with one attached hydrogen (secondary N) is 2. The van der Waals surface area contributed by atoms with Gasteiger partial charge in [0.25, 0.3) is 5.91 Å². The number of aliphatic carboxylic acids is 1. The van der Waals surface area contributed by atoms with Gasteiger partial charge in [0, 0.05) is 12.5 Å². The summed E-state index contributed by atoms with van der Waals surface area (Å²) in [5, 5.41) is 15.0. The highest BCUT2D eigenvalue weighted by Gasteiger charge is 2.43. The van der Waals surface area contributed by atoms with Crippen LogP contribution in [0.5, 0.6) is 0 Å². The molecular formula is C27H50N5O8P. The maximum absolute atomic E-state index is 13.7. The van der Waals surface area contributed by atoms with Gasteiger partial charge in [-0.2, -0.15) is 0 Å². The lowest BCUT2D eigenvalue weighted by molar-refractivity contribution is -0.151. The SMILES string of the molecule is CCCC[C@@H](NC(=O)[C@H](CCCCN)NC(=O)C1CCC1)P(=O)(O)OC(CCCCN)C(=O)N1CCC[C@H]1C(=O)O. The zero-order valence-electron chi connectivity index (χ0n) is 24.3. The average Bonchev–Trinajstić information content (AvgIpc) is 3.39. The maximum atomic E-state index is 13.7. The zero-order valence-corrected chi connectivity index (χ0v) is 25.2. The molecule has 5 atom stereocenters. The summed E-state index contributed by atoms with van der Waals surface area (Å²) < 4.78 is 19.3. The van der Waals surface area contributed by atoms with Gasteiger partial charge >= 0.3 is 13.6 Å². The van der Waals surface area contributed by atoms with E-state index in [1.54, 1.807) is 0 Å². The Morgan fingerprint density at radius 3 is 2.17 bits per heavy atom. The minimum absolute atomic E-state index is 0.0804. The van der Waals surface area contributed by atoms with Gasteiger partial charge in [-0.3, -0.25) is 23.5 Å². The third-order valence-electron chi connectivity index (χ3n) is 7.88. The van der Waals surface area contributed by atoms with Crippen LogP contribution in [-0.2, 0) is 28.3 Å². The van der Waals surface area contributed by atoms with Crippen LogP contribution in [-0.4, -0.2) is 82.2 Å². The Labute approximate surface area is 243 Å². The minimum atomic E-state index is -4.64. The van der Waals surface area contributed by atoms with Crippen molar-refractivity contribution in [2.45, 2.75) is 121 Å². The molecule has 2 aliphatic rings. The molecule has 0 radical (unpaired) electrons. The Balaban J connectivity index is 2.22. The molecule has 0 spiro atoms. The van der Waals surface area contributed by atoms with Gasteiger partial charge in [-0.05, 0) is 83.7 Å². The molecule has 14 heteroatoms. The lowest BCUT2D eigenvalue weighted by Gasteiger charge is -2.32. The molecule has 2 rings (SSSR count). The standard InChI is InChI=1S/C27H50N5O8P/c1-2-3-15-23(31-25(34)20(12-4-6-16-28)30-24(33)19-10-8-11-19)41(38,39)40-22(14-5-7-17-29)26(35)32-18-9-13-21(32)27(36)37/h19-23H,2-18,28-29H2,1H3,(H,30,33)(H,31,34)(H,36,37)(H,38,39)/t20-,21-,22?,23-/m0/s1. The number of carboxylic acids is 1. The molecule has 41 heavy (non-hydrogen) atoms. The van der Waals surface area contributed by atoms with Crippen LogP contribution in [0.15, 0.2) is 0 Å². The first kappa shape index (κ1) is 35.1. The van der Waals surface area contributed by atoms with E-state index in [0.29, 0.717) is 70.9 Å². The van der Waals surface area contributed by atoms with Crippen molar-refractivity contribution in [3.63, 3.8) is 0 Å². The fourth-order valence-corrected chi connectivity index (χ4v) is 6.63. The van der Waals surface area contributed by atoms with Gasteiger partial charge in [-0.1, -0.05) is 26.2 Å². The number of amides is 3. The highest BCUT2D eigenvalue weighted by Crippen LogP contribution is 2.50. The molecule has 236 valence electrons. The Morgan fingerprint density at radius 1 is 0.951 bits per heavy atom. The molecule has 1 aliphatic heterocycles. The van der Waals surface area contributed by atoms with Crippen molar-refractivity contribution in [2.24, 2.45) is 17.4 Å². The number of rotatable bonds is 20. The summed E-state index contributed by atoms with van der Waals surface area (Å²) in [7, 11) is -4.64. The van der Waals surface area contributed by atoms with Crippen LogP contribution in [0.3, 0.4) is 0 Å². The fraction of sp³-hybridized carbons (Fsp3) is 0.852. The van der Waals surface area contributed by atoms with E-state index in [1.165, 1.54) is 4.90 Å². The highest BCUT2D eigenvalue weighted by atomic mass is 31.2. The number of carboxylic acid groups (broad SMARTS) is 1. The van der Waals surface area contributed by atoms with Crippen molar-refractivity contribution < 1.29 is 38.3 Å². The molecule has 2 unspecified atom stereocenters. The summed E-state index contributed by atoms with van der Waals surface area (Å²) in [5.41, 5.74) is 11.2. The molecule has 2 fully saturated rings. The summed E-state index contributed by atoms with van der Waals surface area (Å²) in [6.45, 7) is 2.90. The fourth-order valence-electron chi connectivity index (χ4n) is 5.12. The largest absolute Gasteiger partial charge is 0.480 e. The van der Waals surface area contributed by atoms with E-state index < -0.39 is 49.4 Å². The van der Waals surface area contributed by atoms with Crippen LogP contribution in [0.25, 0.3) is 0 Å². The smallest absolute Gasteiger partial charge is 0.350 e. The number of likely N-dealkylation sites (tertiary alicyclic amines) is 1. The summed E-state index contributed by atoms with van der Waals surface area (Å²) in [6, 6.07) is -1.92. The first-order valence-corrected chi connectivity index (χ1v) is 16.7. The third kappa shape index (κ3) is 10.9. The summed E-state index contributed by atoms with van der Waals surface area (Å²) in [6.07, 6.45) is 5.85. The van der Waals surface area contributed by atoms with Crippen molar-refractivity contribution >= 4 is 31.3 Å². The predicted octanol–water partition coefficient (Wildman–Crippen LogP) is 1.81. The second-order valence-electron chi connectivity index (χ2n) is 11.1. The van der Waals surface area contributed by atoms with Crippen LogP contribution >= 0.6 is 7.60 Å². The first-order valence-electron chi connectivity index (χ1n) is 15.1. The third-order valence-corrected chi connectivity index (χ3v) is 9.62. The number of carbonyl (C=O) groups excluding carboxylic acids is 3. The quantitative estimate of drug-likeness (QED) is 0.0876. The van der Waals surface area contributed by atoms with E-state index in [1.807, 2.05) is 6.92 Å². The number of nitrogens with zero attached hydrogens (tertiary/aromatic N) is 1. The van der Waals surface area contributed by atoms with Crippen molar-refractivity contribution in [1.29, 1.82) is 0 Å². The molecule has 1 saturated carbocycles. The summed E-state index contributed by atoms with van der Waals surface area (Å²) >= 11 is 0. The molecule has 1 aliphatic carbocycles. The first-order chi connectivity index (χ1) is 19.5. The molecule has 0 aromatic carbocycles. The van der Waals surface area contributed by atoms with Crippen molar-refractivity contribution in [3.05, 3.63) is 0 Å². The van der Waals surface area contributed by atoms with Gasteiger partial charge in [-0.25, -0.2) is 4.79 Å². The molecule has 8 N–H and O–H groups in total. The normalized spacial score (nSPS) is 20.9. The number of hydrogen-bond acceptors (Lipinski definition) is 8. The Morgan fingerprint density at radius 2 is 1.61 bits per heavy atom. The van der Waals surface area contributed by atoms with Gasteiger partial charge in [0.2, 0.25) is 11.8 Å². The van der Waals surface area contributed by atoms with Crippen LogP contribution in [0.4, 0.5) is 0 Å². The molecule has 0 bridgehead atoms. The van der Waals surface area contributed by atoms with Crippen molar-refractivity contribution in [1.82, 2.24) is 15.5 Å². The van der Waals surface area contributed by atoms with Gasteiger partial charge < -0.3 is 37.0 Å². The second-order valence-corrected chi connectivity index (χ2v) is 13.1. The second kappa shape index (κ2) is 17.8. The van der Waals surface area contributed by atoms with Gasteiger partial charge in [0.15, 0.2) is 0 Å². The number of hydrogen-bond donors (Lipinski definition) is 6. The maximum Gasteiger partial charge on any atom is 0.350 e. The molecule has 3 amide bonds. The van der Waals surface area contributed by atoms with Crippen molar-refractivity contribution in [2.75, 3.05) is 19.6 Å². The Kier molecular flexibility index (Phi) is 15.3. The van der Waals surface area contributed by atoms with E-state index in [-0.39, 0.29) is 31.2 Å². The van der Waals surface area contributed by atoms with Gasteiger partial charge in [0.05, 0.1) is 0 Å². The summed E-state index contributed by atoms with van der Waals surface area (Å²) in [5.74, 6) is -4.04. The van der Waals surface area contributed by atoms with E-state index >= 15 is 0 Å². The van der Waals surface area contributed by atoms with Crippen LogP contribution in [0, 0.1) is 5.92 Å². The topological polar surface area (TPSA) is 214 Å². The Hall–Kier alpha value is -2.05. The molecule has 1 saturated heterocycles. The van der Waals surface area contributed by atoms with E-state index in [2.05, 4.69) is 10.6 Å². The number of nitrogens with two attached hydrogens (primary N) is 2. The lowest BCUT2D eigenvalue weighted by Crippen LogP contribution is -2.52. The molecular weight excluding hydrogens is 553 g/mol. The van der Waals surface area contributed by atoms with Gasteiger partial charge in [-0.15, -0.1) is 0 Å². The monoisotopic (exact) mass is 603 g/mol. The number of unbranched alkanes of at least 4 members (excludes halogenated alkanes) is 3. The van der Waals surface area contributed by atoms with Crippen LogP contribution in [0.1, 0.15) is 96.8 Å².